The van der Waals surface area contributed by atoms with Crippen LogP contribution in [0.15, 0.2) is 0 Å². The number of likely N-dealkylation sites (tertiary alicyclic amines) is 1. The fourth-order valence-corrected chi connectivity index (χ4v) is 6.45. The fraction of sp³-hybridized carbons (Fsp3) is 0.857. The van der Waals surface area contributed by atoms with Gasteiger partial charge in [-0.1, -0.05) is 36.2 Å². The number of alkyl halides is 1. The summed E-state index contributed by atoms with van der Waals surface area (Å²) in [5.74, 6) is -2.61. The lowest BCUT2D eigenvalue weighted by Crippen LogP contribution is -2.59. The van der Waals surface area contributed by atoms with Gasteiger partial charge in [0.05, 0.1) is 37.2 Å². The Hall–Kier alpha value is -1.19. The number of esters is 1. The highest BCUT2D eigenvalue weighted by Crippen LogP contribution is 2.60. The molecule has 30 heavy (non-hydrogen) atoms. The summed E-state index contributed by atoms with van der Waals surface area (Å²) in [5, 5.41) is 13.0. The summed E-state index contributed by atoms with van der Waals surface area (Å²) >= 11 is 3.61. The summed E-state index contributed by atoms with van der Waals surface area (Å²) in [5.41, 5.74) is -1.11. The molecule has 3 saturated heterocycles. The summed E-state index contributed by atoms with van der Waals surface area (Å²) in [6.07, 6.45) is 2.16. The number of amides is 2. The number of carbonyl (C=O) groups excluding carboxylic acids is 3. The zero-order chi connectivity index (χ0) is 22.2. The number of aliphatic hydroxyl groups excluding tert-OH is 1. The molecule has 2 N–H and O–H groups in total. The fourth-order valence-electron chi connectivity index (χ4n) is 5.51. The van der Waals surface area contributed by atoms with Crippen LogP contribution >= 0.6 is 15.9 Å². The molecule has 3 heterocycles. The second-order valence-electron chi connectivity index (χ2n) is 8.60. The van der Waals surface area contributed by atoms with Gasteiger partial charge in [-0.25, -0.2) is 0 Å². The Morgan fingerprint density at radius 3 is 2.67 bits per heavy atom. The highest BCUT2D eigenvalue weighted by molar-refractivity contribution is 9.09. The minimum Gasteiger partial charge on any atom is -0.466 e. The molecule has 0 aromatic heterocycles. The van der Waals surface area contributed by atoms with E-state index in [4.69, 9.17) is 9.47 Å². The Labute approximate surface area is 186 Å². The van der Waals surface area contributed by atoms with Gasteiger partial charge in [0.2, 0.25) is 11.8 Å². The molecular weight excluding hydrogens is 456 g/mol. The van der Waals surface area contributed by atoms with Crippen LogP contribution in [-0.4, -0.2) is 75.7 Å². The molecule has 2 bridgehead atoms. The van der Waals surface area contributed by atoms with E-state index < -0.39 is 41.6 Å². The van der Waals surface area contributed by atoms with E-state index in [1.807, 2.05) is 20.8 Å². The first-order valence-electron chi connectivity index (χ1n) is 11.0. The molecule has 0 saturated carbocycles. The van der Waals surface area contributed by atoms with Crippen molar-refractivity contribution in [2.24, 2.45) is 11.8 Å². The quantitative estimate of drug-likeness (QED) is 0.375. The predicted molar refractivity (Wildman–Crippen MR) is 113 cm³/mol. The number of aliphatic hydroxyl groups is 1. The number of halogens is 1. The highest BCUT2D eigenvalue weighted by Gasteiger charge is 2.77. The Bertz CT molecular complexity index is 686. The van der Waals surface area contributed by atoms with Crippen LogP contribution in [0.5, 0.6) is 0 Å². The van der Waals surface area contributed by atoms with Crippen molar-refractivity contribution >= 4 is 33.7 Å². The maximum Gasteiger partial charge on any atom is 0.312 e. The first-order valence-corrected chi connectivity index (χ1v) is 11.9. The molecule has 8 atom stereocenters. The van der Waals surface area contributed by atoms with Crippen molar-refractivity contribution < 1.29 is 29.0 Å². The van der Waals surface area contributed by atoms with Crippen LogP contribution in [-0.2, 0) is 23.9 Å². The topological polar surface area (TPSA) is 105 Å². The Morgan fingerprint density at radius 1 is 1.40 bits per heavy atom. The molecule has 2 amide bonds. The van der Waals surface area contributed by atoms with Crippen molar-refractivity contribution in [1.29, 1.82) is 0 Å². The van der Waals surface area contributed by atoms with Gasteiger partial charge < -0.3 is 24.8 Å². The molecule has 3 aliphatic rings. The van der Waals surface area contributed by atoms with Crippen LogP contribution in [0.2, 0.25) is 0 Å². The molecule has 9 heteroatoms. The predicted octanol–water partition coefficient (Wildman–Crippen LogP) is 1.37. The SMILES string of the molecule is CCCC(C)NC(=O)[C@@H]1N([C@@H](CC)CO)C(=O)[C@H]2[C@H](C(=O)OCC)[C@H]3O[C@@]12CC3Br. The van der Waals surface area contributed by atoms with Gasteiger partial charge in [-0.05, 0) is 33.1 Å². The van der Waals surface area contributed by atoms with Gasteiger partial charge in [-0.3, -0.25) is 14.4 Å². The third kappa shape index (κ3) is 3.56. The minimum absolute atomic E-state index is 0.0525. The van der Waals surface area contributed by atoms with E-state index in [-0.39, 0.29) is 35.9 Å². The summed E-state index contributed by atoms with van der Waals surface area (Å²) in [4.78, 5) is 41.2. The zero-order valence-corrected chi connectivity index (χ0v) is 19.7. The number of rotatable bonds is 9. The minimum atomic E-state index is -1.11. The van der Waals surface area contributed by atoms with Crippen molar-refractivity contribution in [3.63, 3.8) is 0 Å². The molecule has 8 nitrogen and oxygen atoms in total. The van der Waals surface area contributed by atoms with Gasteiger partial charge in [0, 0.05) is 10.9 Å². The van der Waals surface area contributed by atoms with Gasteiger partial charge in [0.1, 0.15) is 11.6 Å². The van der Waals surface area contributed by atoms with Crippen molar-refractivity contribution in [2.75, 3.05) is 13.2 Å². The molecular formula is C21H33BrN2O6. The second-order valence-corrected chi connectivity index (χ2v) is 9.78. The summed E-state index contributed by atoms with van der Waals surface area (Å²) < 4.78 is 11.6. The molecule has 3 fully saturated rings. The normalized spacial score (nSPS) is 36.5. The van der Waals surface area contributed by atoms with Crippen LogP contribution < -0.4 is 5.32 Å². The van der Waals surface area contributed by atoms with Crippen LogP contribution in [0.3, 0.4) is 0 Å². The Balaban J connectivity index is 2.03. The van der Waals surface area contributed by atoms with Crippen LogP contribution in [0, 0.1) is 11.8 Å². The maximum absolute atomic E-state index is 13.6. The number of ether oxygens (including phenoxy) is 2. The molecule has 0 aromatic carbocycles. The Kier molecular flexibility index (Phi) is 7.14. The second kappa shape index (κ2) is 9.12. The van der Waals surface area contributed by atoms with Gasteiger partial charge in [0.25, 0.3) is 0 Å². The molecule has 2 unspecified atom stereocenters. The van der Waals surface area contributed by atoms with E-state index in [1.165, 1.54) is 4.90 Å². The van der Waals surface area contributed by atoms with Crippen LogP contribution in [0.25, 0.3) is 0 Å². The van der Waals surface area contributed by atoms with Gasteiger partial charge in [-0.15, -0.1) is 0 Å². The Morgan fingerprint density at radius 2 is 2.10 bits per heavy atom. The standard InChI is InChI=1S/C21H33BrN2O6/c1-5-8-11(4)23-18(26)17-21-9-13(22)16(30-21)14(20(28)29-7-3)15(21)19(27)24(17)12(6-2)10-25/h11-17,25H,5-10H2,1-4H3,(H,23,26)/t11?,12-,13?,14-,15+,16-,17-,21+/m0/s1. The molecule has 0 aromatic rings. The molecule has 170 valence electrons. The number of hydrogen-bond donors (Lipinski definition) is 2. The molecule has 0 radical (unpaired) electrons. The first kappa shape index (κ1) is 23.5. The van der Waals surface area contributed by atoms with Gasteiger partial charge in [0.15, 0.2) is 0 Å². The van der Waals surface area contributed by atoms with E-state index in [2.05, 4.69) is 21.2 Å². The lowest BCUT2D eigenvalue weighted by Gasteiger charge is -2.37. The summed E-state index contributed by atoms with van der Waals surface area (Å²) in [6, 6.07) is -1.46. The number of fused-ring (bicyclic) bond motifs is 1. The monoisotopic (exact) mass is 488 g/mol. The van der Waals surface area contributed by atoms with Crippen LogP contribution in [0.1, 0.15) is 53.4 Å². The zero-order valence-electron chi connectivity index (χ0n) is 18.1. The lowest BCUT2D eigenvalue weighted by atomic mass is 9.70. The maximum atomic E-state index is 13.6. The van der Waals surface area contributed by atoms with Gasteiger partial charge >= 0.3 is 5.97 Å². The van der Waals surface area contributed by atoms with E-state index in [9.17, 15) is 19.5 Å². The largest absolute Gasteiger partial charge is 0.466 e. The molecule has 3 rings (SSSR count). The average molecular weight is 489 g/mol. The van der Waals surface area contributed by atoms with Crippen molar-refractivity contribution in [3.05, 3.63) is 0 Å². The van der Waals surface area contributed by atoms with E-state index in [1.54, 1.807) is 6.92 Å². The van der Waals surface area contributed by atoms with Crippen molar-refractivity contribution in [3.8, 4) is 0 Å². The van der Waals surface area contributed by atoms with E-state index in [0.29, 0.717) is 12.8 Å². The average Bonchev–Trinajstić information content (AvgIpc) is 3.27. The third-order valence-corrected chi connectivity index (χ3v) is 7.56. The van der Waals surface area contributed by atoms with Crippen LogP contribution in [0.4, 0.5) is 0 Å². The number of nitrogens with one attached hydrogen (secondary N) is 1. The third-order valence-electron chi connectivity index (χ3n) is 6.72. The first-order chi connectivity index (χ1) is 14.3. The van der Waals surface area contributed by atoms with E-state index >= 15 is 0 Å². The smallest absolute Gasteiger partial charge is 0.312 e. The number of carbonyl (C=O) groups is 3. The summed E-state index contributed by atoms with van der Waals surface area (Å²) in [6.45, 7) is 7.51. The van der Waals surface area contributed by atoms with E-state index in [0.717, 1.165) is 12.8 Å². The van der Waals surface area contributed by atoms with Crippen molar-refractivity contribution in [1.82, 2.24) is 10.2 Å². The van der Waals surface area contributed by atoms with Gasteiger partial charge in [-0.2, -0.15) is 0 Å². The molecule has 0 aliphatic carbocycles. The number of hydrogen-bond acceptors (Lipinski definition) is 6. The lowest BCUT2D eigenvalue weighted by molar-refractivity contribution is -0.155. The molecule has 3 aliphatic heterocycles. The number of nitrogens with zero attached hydrogens (tertiary/aromatic N) is 1. The molecule has 1 spiro atoms. The highest BCUT2D eigenvalue weighted by atomic mass is 79.9. The van der Waals surface area contributed by atoms with Crippen molar-refractivity contribution in [2.45, 2.75) is 88.0 Å². The summed E-state index contributed by atoms with van der Waals surface area (Å²) in [7, 11) is 0.